The van der Waals surface area contributed by atoms with E-state index in [1.54, 1.807) is 0 Å². The lowest BCUT2D eigenvalue weighted by molar-refractivity contribution is 0.170. The summed E-state index contributed by atoms with van der Waals surface area (Å²) in [5.41, 5.74) is 6.23. The van der Waals surface area contributed by atoms with Crippen LogP contribution in [-0.2, 0) is 6.54 Å². The minimum absolute atomic E-state index is 0.431. The van der Waals surface area contributed by atoms with Gasteiger partial charge in [0.25, 0.3) is 0 Å². The highest BCUT2D eigenvalue weighted by molar-refractivity contribution is 5.60. The SMILES string of the molecule is Cc1cc(-c2ccccn2)ccc1CN1CCC[C@@H]1c1ccc2c(c1)OCCO2. The van der Waals surface area contributed by atoms with Gasteiger partial charge in [0, 0.05) is 24.3 Å². The zero-order valence-electron chi connectivity index (χ0n) is 16.8. The lowest BCUT2D eigenvalue weighted by Gasteiger charge is -2.27. The Labute approximate surface area is 172 Å². The van der Waals surface area contributed by atoms with Gasteiger partial charge in [-0.15, -0.1) is 0 Å². The van der Waals surface area contributed by atoms with Crippen molar-refractivity contribution in [3.8, 4) is 22.8 Å². The van der Waals surface area contributed by atoms with E-state index in [1.165, 1.54) is 35.1 Å². The fourth-order valence-electron chi connectivity index (χ4n) is 4.45. The van der Waals surface area contributed by atoms with Gasteiger partial charge in [-0.2, -0.15) is 0 Å². The van der Waals surface area contributed by atoms with Crippen molar-refractivity contribution in [1.82, 2.24) is 9.88 Å². The number of rotatable bonds is 4. The predicted octanol–water partition coefficient (Wildman–Crippen LogP) is 5.17. The van der Waals surface area contributed by atoms with Crippen LogP contribution in [0.2, 0.25) is 0 Å². The Bertz CT molecular complexity index is 1000. The molecule has 3 heterocycles. The molecule has 2 aromatic carbocycles. The predicted molar refractivity (Wildman–Crippen MR) is 114 cm³/mol. The number of pyridine rings is 1. The molecule has 1 fully saturated rings. The molecule has 0 bridgehead atoms. The maximum atomic E-state index is 5.80. The van der Waals surface area contributed by atoms with Crippen molar-refractivity contribution in [1.29, 1.82) is 0 Å². The van der Waals surface area contributed by atoms with Crippen LogP contribution in [0, 0.1) is 6.92 Å². The standard InChI is InChI=1S/C25H26N2O2/c1-18-15-19(22-5-2-3-11-26-22)7-8-21(18)17-27-12-4-6-23(27)20-9-10-24-25(16-20)29-14-13-28-24/h2-3,5,7-11,15-16,23H,4,6,12-14,17H2,1H3/t23-/m1/s1. The number of ether oxygens (including phenoxy) is 2. The summed E-state index contributed by atoms with van der Waals surface area (Å²) in [5.74, 6) is 1.75. The Hall–Kier alpha value is -2.85. The number of aromatic nitrogens is 1. The van der Waals surface area contributed by atoms with Gasteiger partial charge >= 0.3 is 0 Å². The van der Waals surface area contributed by atoms with Crippen LogP contribution < -0.4 is 9.47 Å². The van der Waals surface area contributed by atoms with Gasteiger partial charge in [0.15, 0.2) is 11.5 Å². The first-order chi connectivity index (χ1) is 14.3. The second kappa shape index (κ2) is 7.88. The lowest BCUT2D eigenvalue weighted by Crippen LogP contribution is -2.23. The molecule has 1 atom stereocenters. The fourth-order valence-corrected chi connectivity index (χ4v) is 4.45. The Morgan fingerprint density at radius 3 is 2.72 bits per heavy atom. The summed E-state index contributed by atoms with van der Waals surface area (Å²) in [6, 6.07) is 19.6. The molecular weight excluding hydrogens is 360 g/mol. The van der Waals surface area contributed by atoms with Crippen LogP contribution in [0.3, 0.4) is 0 Å². The minimum Gasteiger partial charge on any atom is -0.486 e. The van der Waals surface area contributed by atoms with Crippen LogP contribution in [0.5, 0.6) is 11.5 Å². The van der Waals surface area contributed by atoms with Crippen molar-refractivity contribution in [2.75, 3.05) is 19.8 Å². The minimum atomic E-state index is 0.431. The van der Waals surface area contributed by atoms with Gasteiger partial charge in [0.2, 0.25) is 0 Å². The van der Waals surface area contributed by atoms with Gasteiger partial charge < -0.3 is 9.47 Å². The third-order valence-corrected chi connectivity index (χ3v) is 5.99. The van der Waals surface area contributed by atoms with E-state index < -0.39 is 0 Å². The molecule has 29 heavy (non-hydrogen) atoms. The van der Waals surface area contributed by atoms with Crippen molar-refractivity contribution in [3.63, 3.8) is 0 Å². The number of aryl methyl sites for hydroxylation is 1. The van der Waals surface area contributed by atoms with Crippen LogP contribution in [-0.4, -0.2) is 29.6 Å². The molecule has 1 saturated heterocycles. The molecule has 0 N–H and O–H groups in total. The van der Waals surface area contributed by atoms with Gasteiger partial charge in [-0.25, -0.2) is 0 Å². The second-order valence-electron chi connectivity index (χ2n) is 7.89. The zero-order valence-corrected chi connectivity index (χ0v) is 16.8. The Balaban J connectivity index is 1.36. The molecule has 2 aliphatic rings. The molecule has 0 unspecified atom stereocenters. The molecule has 0 spiro atoms. The molecule has 4 heteroatoms. The van der Waals surface area contributed by atoms with Crippen molar-refractivity contribution in [2.24, 2.45) is 0 Å². The normalized spacial score (nSPS) is 18.7. The third-order valence-electron chi connectivity index (χ3n) is 5.99. The van der Waals surface area contributed by atoms with Crippen LogP contribution in [0.1, 0.15) is 35.6 Å². The molecule has 148 valence electrons. The summed E-state index contributed by atoms with van der Waals surface area (Å²) in [6.45, 7) is 5.56. The van der Waals surface area contributed by atoms with Gasteiger partial charge in [0.1, 0.15) is 13.2 Å². The Kier molecular flexibility index (Phi) is 4.94. The molecule has 3 aromatic rings. The lowest BCUT2D eigenvalue weighted by atomic mass is 10.0. The highest BCUT2D eigenvalue weighted by Crippen LogP contribution is 2.39. The van der Waals surface area contributed by atoms with Crippen molar-refractivity contribution in [3.05, 3.63) is 77.5 Å². The highest BCUT2D eigenvalue weighted by Gasteiger charge is 2.27. The van der Waals surface area contributed by atoms with E-state index in [4.69, 9.17) is 9.47 Å². The van der Waals surface area contributed by atoms with Gasteiger partial charge in [-0.3, -0.25) is 9.88 Å². The van der Waals surface area contributed by atoms with E-state index >= 15 is 0 Å². The van der Waals surface area contributed by atoms with Crippen LogP contribution >= 0.6 is 0 Å². The number of likely N-dealkylation sites (tertiary alicyclic amines) is 1. The molecule has 2 aliphatic heterocycles. The second-order valence-corrected chi connectivity index (χ2v) is 7.89. The Morgan fingerprint density at radius 2 is 1.90 bits per heavy atom. The van der Waals surface area contributed by atoms with Gasteiger partial charge in [0.05, 0.1) is 5.69 Å². The number of hydrogen-bond acceptors (Lipinski definition) is 4. The van der Waals surface area contributed by atoms with Crippen LogP contribution in [0.4, 0.5) is 0 Å². The largest absolute Gasteiger partial charge is 0.486 e. The first-order valence-corrected chi connectivity index (χ1v) is 10.4. The molecule has 0 amide bonds. The summed E-state index contributed by atoms with van der Waals surface area (Å²) in [7, 11) is 0. The smallest absolute Gasteiger partial charge is 0.161 e. The summed E-state index contributed by atoms with van der Waals surface area (Å²) in [6.07, 6.45) is 4.26. The summed E-state index contributed by atoms with van der Waals surface area (Å²) in [4.78, 5) is 7.07. The molecule has 4 nitrogen and oxygen atoms in total. The van der Waals surface area contributed by atoms with Gasteiger partial charge in [-0.1, -0.05) is 24.3 Å². The summed E-state index contributed by atoms with van der Waals surface area (Å²) >= 11 is 0. The van der Waals surface area contributed by atoms with E-state index in [0.29, 0.717) is 19.3 Å². The van der Waals surface area contributed by atoms with E-state index in [9.17, 15) is 0 Å². The topological polar surface area (TPSA) is 34.6 Å². The third kappa shape index (κ3) is 3.73. The van der Waals surface area contributed by atoms with Gasteiger partial charge in [-0.05, 0) is 73.3 Å². The first kappa shape index (κ1) is 18.2. The van der Waals surface area contributed by atoms with E-state index in [0.717, 1.165) is 30.3 Å². The quantitative estimate of drug-likeness (QED) is 0.620. The van der Waals surface area contributed by atoms with Crippen molar-refractivity contribution in [2.45, 2.75) is 32.4 Å². The van der Waals surface area contributed by atoms with E-state index in [-0.39, 0.29) is 0 Å². The Morgan fingerprint density at radius 1 is 1.00 bits per heavy atom. The van der Waals surface area contributed by atoms with E-state index in [1.807, 2.05) is 18.3 Å². The molecule has 5 rings (SSSR count). The number of benzene rings is 2. The van der Waals surface area contributed by atoms with Crippen molar-refractivity contribution >= 4 is 0 Å². The zero-order chi connectivity index (χ0) is 19.6. The first-order valence-electron chi connectivity index (χ1n) is 10.4. The number of fused-ring (bicyclic) bond motifs is 1. The van der Waals surface area contributed by atoms with E-state index in [2.05, 4.69) is 59.3 Å². The molecular formula is C25H26N2O2. The molecule has 0 aliphatic carbocycles. The number of nitrogens with zero attached hydrogens (tertiary/aromatic N) is 2. The average Bonchev–Trinajstić information content (AvgIpc) is 3.23. The molecule has 0 radical (unpaired) electrons. The fraction of sp³-hybridized carbons (Fsp3) is 0.320. The monoisotopic (exact) mass is 386 g/mol. The maximum absolute atomic E-state index is 5.80. The number of hydrogen-bond donors (Lipinski definition) is 0. The van der Waals surface area contributed by atoms with Crippen LogP contribution in [0.25, 0.3) is 11.3 Å². The maximum Gasteiger partial charge on any atom is 0.161 e. The van der Waals surface area contributed by atoms with Crippen molar-refractivity contribution < 1.29 is 9.47 Å². The van der Waals surface area contributed by atoms with Crippen LogP contribution in [0.15, 0.2) is 60.8 Å². The average molecular weight is 386 g/mol. The molecule has 0 saturated carbocycles. The summed E-state index contributed by atoms with van der Waals surface area (Å²) in [5, 5.41) is 0. The highest BCUT2D eigenvalue weighted by atomic mass is 16.6. The molecule has 1 aromatic heterocycles. The summed E-state index contributed by atoms with van der Waals surface area (Å²) < 4.78 is 11.5.